The number of fused-ring (bicyclic) bond motifs is 2. The van der Waals surface area contributed by atoms with E-state index in [2.05, 4.69) is 10.0 Å². The third-order valence-electron chi connectivity index (χ3n) is 5.37. The minimum absolute atomic E-state index is 0.0859. The van der Waals surface area contributed by atoms with Gasteiger partial charge in [-0.05, 0) is 49.2 Å². The van der Waals surface area contributed by atoms with Crippen LogP contribution in [0.5, 0.6) is 0 Å². The number of carbonyl (C=O) groups excluding carboxylic acids is 2. The van der Waals surface area contributed by atoms with Gasteiger partial charge in [-0.25, -0.2) is 13.1 Å². The molecule has 0 fully saturated rings. The average Bonchev–Trinajstić information content (AvgIpc) is 3.12. The number of rotatable bonds is 4. The fourth-order valence-corrected chi connectivity index (χ4v) is 4.55. The van der Waals surface area contributed by atoms with E-state index in [0.29, 0.717) is 25.1 Å². The van der Waals surface area contributed by atoms with Gasteiger partial charge in [0, 0.05) is 24.3 Å². The molecule has 0 spiro atoms. The number of nitrogens with one attached hydrogen (secondary N) is 2. The van der Waals surface area contributed by atoms with E-state index in [4.69, 9.17) is 0 Å². The largest absolute Gasteiger partial charge is 0.326 e. The first-order chi connectivity index (χ1) is 13.4. The molecule has 0 aliphatic carbocycles. The lowest BCUT2D eigenvalue weighted by Gasteiger charge is -2.26. The maximum atomic E-state index is 12.9. The molecule has 2 N–H and O–H groups in total. The van der Waals surface area contributed by atoms with Crippen molar-refractivity contribution in [3.8, 4) is 0 Å². The van der Waals surface area contributed by atoms with Crippen LogP contribution in [0.3, 0.4) is 0 Å². The van der Waals surface area contributed by atoms with Gasteiger partial charge in [-0.2, -0.15) is 0 Å². The van der Waals surface area contributed by atoms with E-state index in [0.717, 1.165) is 16.8 Å². The van der Waals surface area contributed by atoms with Gasteiger partial charge in [0.1, 0.15) is 0 Å². The number of amides is 2. The number of anilines is 2. The summed E-state index contributed by atoms with van der Waals surface area (Å²) in [6, 6.07) is 12.4. The molecular formula is C20H21N3O4S. The Morgan fingerprint density at radius 3 is 2.79 bits per heavy atom. The molecule has 2 aliphatic rings. The van der Waals surface area contributed by atoms with Crippen molar-refractivity contribution in [2.24, 2.45) is 5.92 Å². The monoisotopic (exact) mass is 399 g/mol. The normalized spacial score (nSPS) is 18.4. The molecule has 2 aliphatic heterocycles. The van der Waals surface area contributed by atoms with Gasteiger partial charge in [-0.15, -0.1) is 0 Å². The molecule has 1 atom stereocenters. The number of hydrogen-bond donors (Lipinski definition) is 2. The first kappa shape index (κ1) is 18.6. The first-order valence-electron chi connectivity index (χ1n) is 9.14. The summed E-state index contributed by atoms with van der Waals surface area (Å²) in [5.41, 5.74) is 3.36. The van der Waals surface area contributed by atoms with E-state index in [-0.39, 0.29) is 23.1 Å². The number of para-hydroxylation sites is 1. The summed E-state index contributed by atoms with van der Waals surface area (Å²) < 4.78 is 26.5. The standard InChI is InChI=1S/C20H21N3O4S/c1-21-28(26,27)16-7-6-13-8-9-23(18(13)12-16)19(24)11-15-10-14-4-2-3-5-17(14)22-20(15)25/h2-7,12,15,21H,8-11H2,1H3,(H,22,25). The van der Waals surface area contributed by atoms with Crippen LogP contribution in [-0.2, 0) is 32.5 Å². The molecule has 0 radical (unpaired) electrons. The quantitative estimate of drug-likeness (QED) is 0.818. The highest BCUT2D eigenvalue weighted by Crippen LogP contribution is 2.33. The Hall–Kier alpha value is -2.71. The number of benzene rings is 2. The van der Waals surface area contributed by atoms with E-state index in [1.165, 1.54) is 13.1 Å². The van der Waals surface area contributed by atoms with E-state index < -0.39 is 15.9 Å². The molecule has 0 bridgehead atoms. The van der Waals surface area contributed by atoms with E-state index in [1.54, 1.807) is 17.0 Å². The van der Waals surface area contributed by atoms with Crippen molar-refractivity contribution < 1.29 is 18.0 Å². The van der Waals surface area contributed by atoms with Crippen LogP contribution in [0, 0.1) is 5.92 Å². The highest BCUT2D eigenvalue weighted by Gasteiger charge is 2.32. The molecule has 2 aromatic carbocycles. The van der Waals surface area contributed by atoms with Gasteiger partial charge < -0.3 is 10.2 Å². The van der Waals surface area contributed by atoms with Gasteiger partial charge >= 0.3 is 0 Å². The molecule has 0 saturated heterocycles. The lowest BCUT2D eigenvalue weighted by atomic mass is 9.90. The fraction of sp³-hybridized carbons (Fsp3) is 0.300. The Morgan fingerprint density at radius 2 is 2.00 bits per heavy atom. The Balaban J connectivity index is 1.55. The van der Waals surface area contributed by atoms with Crippen LogP contribution in [0.4, 0.5) is 11.4 Å². The van der Waals surface area contributed by atoms with E-state index >= 15 is 0 Å². The average molecular weight is 399 g/mol. The molecule has 2 amide bonds. The zero-order valence-corrected chi connectivity index (χ0v) is 16.3. The summed E-state index contributed by atoms with van der Waals surface area (Å²) in [5, 5.41) is 2.86. The molecule has 4 rings (SSSR count). The van der Waals surface area contributed by atoms with Crippen molar-refractivity contribution in [1.29, 1.82) is 0 Å². The van der Waals surface area contributed by atoms with Gasteiger partial charge in [0.2, 0.25) is 21.8 Å². The molecule has 146 valence electrons. The molecule has 8 heteroatoms. The molecule has 7 nitrogen and oxygen atoms in total. The predicted octanol–water partition coefficient (Wildman–Crippen LogP) is 1.68. The van der Waals surface area contributed by atoms with E-state index in [9.17, 15) is 18.0 Å². The first-order valence-corrected chi connectivity index (χ1v) is 10.6. The van der Waals surface area contributed by atoms with Crippen molar-refractivity contribution in [3.63, 3.8) is 0 Å². The minimum atomic E-state index is -3.59. The Morgan fingerprint density at radius 1 is 1.21 bits per heavy atom. The molecule has 2 aromatic rings. The van der Waals surface area contributed by atoms with Crippen LogP contribution < -0.4 is 14.9 Å². The van der Waals surface area contributed by atoms with Crippen molar-refractivity contribution >= 4 is 33.2 Å². The van der Waals surface area contributed by atoms with Gasteiger partial charge in [0.15, 0.2) is 0 Å². The molecule has 0 aromatic heterocycles. The second-order valence-corrected chi connectivity index (χ2v) is 8.93. The van der Waals surface area contributed by atoms with Crippen molar-refractivity contribution in [2.75, 3.05) is 23.8 Å². The summed E-state index contributed by atoms with van der Waals surface area (Å²) >= 11 is 0. The van der Waals surface area contributed by atoms with Crippen molar-refractivity contribution in [2.45, 2.75) is 24.2 Å². The minimum Gasteiger partial charge on any atom is -0.326 e. The summed E-state index contributed by atoms with van der Waals surface area (Å²) in [7, 11) is -2.24. The topological polar surface area (TPSA) is 95.6 Å². The zero-order chi connectivity index (χ0) is 19.9. The Bertz CT molecular complexity index is 1060. The van der Waals surface area contributed by atoms with Crippen LogP contribution >= 0.6 is 0 Å². The van der Waals surface area contributed by atoms with Crippen LogP contribution in [0.2, 0.25) is 0 Å². The van der Waals surface area contributed by atoms with Gasteiger partial charge in [0.25, 0.3) is 0 Å². The molecule has 28 heavy (non-hydrogen) atoms. The number of carbonyl (C=O) groups is 2. The lowest BCUT2D eigenvalue weighted by Crippen LogP contribution is -2.36. The zero-order valence-electron chi connectivity index (χ0n) is 15.4. The number of nitrogens with zero attached hydrogens (tertiary/aromatic N) is 1. The van der Waals surface area contributed by atoms with Gasteiger partial charge in [-0.1, -0.05) is 24.3 Å². The third-order valence-corrected chi connectivity index (χ3v) is 6.78. The smallest absolute Gasteiger partial charge is 0.240 e. The summed E-state index contributed by atoms with van der Waals surface area (Å²) in [6.07, 6.45) is 1.27. The fourth-order valence-electron chi connectivity index (χ4n) is 3.80. The van der Waals surface area contributed by atoms with Crippen LogP contribution in [-0.4, -0.2) is 33.8 Å². The maximum Gasteiger partial charge on any atom is 0.240 e. The second-order valence-electron chi connectivity index (χ2n) is 7.05. The predicted molar refractivity (Wildman–Crippen MR) is 106 cm³/mol. The van der Waals surface area contributed by atoms with E-state index in [1.807, 2.05) is 24.3 Å². The van der Waals surface area contributed by atoms with Crippen molar-refractivity contribution in [3.05, 3.63) is 53.6 Å². The Kier molecular flexibility index (Phi) is 4.68. The number of sulfonamides is 1. The van der Waals surface area contributed by atoms with Gasteiger partial charge in [0.05, 0.1) is 10.8 Å². The summed E-state index contributed by atoms with van der Waals surface area (Å²) in [4.78, 5) is 27.1. The van der Waals surface area contributed by atoms with Crippen molar-refractivity contribution in [1.82, 2.24) is 4.72 Å². The SMILES string of the molecule is CNS(=O)(=O)c1ccc2c(c1)N(C(=O)CC1Cc3ccccc3NC1=O)CC2. The highest BCUT2D eigenvalue weighted by molar-refractivity contribution is 7.89. The number of hydrogen-bond acceptors (Lipinski definition) is 4. The molecule has 1 unspecified atom stereocenters. The molecule has 2 heterocycles. The summed E-state index contributed by atoms with van der Waals surface area (Å²) in [6.45, 7) is 0.488. The molecular weight excluding hydrogens is 378 g/mol. The molecule has 0 saturated carbocycles. The van der Waals surface area contributed by atoms with Crippen LogP contribution in [0.1, 0.15) is 17.5 Å². The highest BCUT2D eigenvalue weighted by atomic mass is 32.2. The van der Waals surface area contributed by atoms with Gasteiger partial charge in [-0.3, -0.25) is 9.59 Å². The van der Waals surface area contributed by atoms with Crippen LogP contribution in [0.25, 0.3) is 0 Å². The van der Waals surface area contributed by atoms with Crippen LogP contribution in [0.15, 0.2) is 47.4 Å². The second kappa shape index (κ2) is 7.03. The summed E-state index contributed by atoms with van der Waals surface area (Å²) in [5.74, 6) is -0.758. The maximum absolute atomic E-state index is 12.9. The third kappa shape index (κ3) is 3.29. The Labute approximate surface area is 163 Å². The lowest BCUT2D eigenvalue weighted by molar-refractivity contribution is -0.126.